The van der Waals surface area contributed by atoms with Crippen LogP contribution < -0.4 is 20.9 Å². The molecule has 0 aliphatic rings. The predicted octanol–water partition coefficient (Wildman–Crippen LogP) is 2.58. The second-order valence-electron chi connectivity index (χ2n) is 7.68. The minimum atomic E-state index is -0.426. The normalized spacial score (nSPS) is 10.6. The number of benzene rings is 2. The van der Waals surface area contributed by atoms with E-state index in [2.05, 4.69) is 21.2 Å². The molecule has 0 saturated heterocycles. The monoisotopic (exact) mass is 436 g/mol. The van der Waals surface area contributed by atoms with Gasteiger partial charge in [-0.1, -0.05) is 23.8 Å². The Morgan fingerprint density at radius 2 is 1.59 bits per heavy atom. The number of ether oxygens (including phenoxy) is 1. The van der Waals surface area contributed by atoms with Gasteiger partial charge in [-0.05, 0) is 49.2 Å². The number of aromatic nitrogens is 1. The predicted molar refractivity (Wildman–Crippen MR) is 122 cm³/mol. The summed E-state index contributed by atoms with van der Waals surface area (Å²) in [7, 11) is 1.59. The molecule has 0 aliphatic heterocycles. The Bertz CT molecular complexity index is 1120. The summed E-state index contributed by atoms with van der Waals surface area (Å²) in [6, 6.07) is 13.4. The van der Waals surface area contributed by atoms with Gasteiger partial charge in [0.1, 0.15) is 5.75 Å². The molecule has 32 heavy (non-hydrogen) atoms. The smallest absolute Gasteiger partial charge is 0.242 e. The number of hydrazine groups is 1. The third-order valence-electron chi connectivity index (χ3n) is 5.18. The highest BCUT2D eigenvalue weighted by molar-refractivity contribution is 5.91. The van der Waals surface area contributed by atoms with Gasteiger partial charge in [0.15, 0.2) is 0 Å². The van der Waals surface area contributed by atoms with Crippen LogP contribution in [-0.4, -0.2) is 29.8 Å². The summed E-state index contributed by atoms with van der Waals surface area (Å²) in [5.41, 5.74) is 9.62. The Kier molecular flexibility index (Phi) is 7.49. The Morgan fingerprint density at radius 3 is 2.31 bits per heavy atom. The van der Waals surface area contributed by atoms with Gasteiger partial charge in [0.2, 0.25) is 17.7 Å². The van der Waals surface area contributed by atoms with E-state index in [0.717, 1.165) is 39.0 Å². The van der Waals surface area contributed by atoms with Crippen LogP contribution in [0.2, 0.25) is 0 Å². The minimum absolute atomic E-state index is 0.0265. The van der Waals surface area contributed by atoms with Crippen molar-refractivity contribution >= 4 is 28.6 Å². The molecule has 3 aromatic rings. The standard InChI is InChI=1S/C24H28N4O4/c1-15-4-9-21-20(12-15)19(16(2)26-21)13-24(31)28-27-23(30)11-10-22(29)25-14-17-5-7-18(32-3)8-6-17/h4-9,12,26H,10-11,13-14H2,1-3H3,(H,25,29)(H,27,30)(H,28,31). The lowest BCUT2D eigenvalue weighted by Crippen LogP contribution is -2.42. The van der Waals surface area contributed by atoms with E-state index in [0.29, 0.717) is 6.54 Å². The van der Waals surface area contributed by atoms with E-state index in [1.165, 1.54) is 0 Å². The molecular formula is C24H28N4O4. The Morgan fingerprint density at radius 1 is 0.906 bits per heavy atom. The molecule has 1 aromatic heterocycles. The molecule has 0 saturated carbocycles. The lowest BCUT2D eigenvalue weighted by atomic mass is 10.1. The molecule has 3 amide bonds. The Labute approximate surface area is 186 Å². The van der Waals surface area contributed by atoms with E-state index < -0.39 is 5.91 Å². The molecule has 1 heterocycles. The molecule has 0 spiro atoms. The molecule has 0 bridgehead atoms. The van der Waals surface area contributed by atoms with Gasteiger partial charge in [-0.15, -0.1) is 0 Å². The lowest BCUT2D eigenvalue weighted by Gasteiger charge is -2.09. The average molecular weight is 437 g/mol. The average Bonchev–Trinajstić information content (AvgIpc) is 3.09. The third-order valence-corrected chi connectivity index (χ3v) is 5.18. The van der Waals surface area contributed by atoms with Crippen molar-refractivity contribution in [1.29, 1.82) is 0 Å². The first-order chi connectivity index (χ1) is 15.4. The third kappa shape index (κ3) is 6.10. The zero-order valence-electron chi connectivity index (χ0n) is 18.5. The van der Waals surface area contributed by atoms with E-state index in [1.807, 2.05) is 56.3 Å². The van der Waals surface area contributed by atoms with Crippen LogP contribution in [0, 0.1) is 13.8 Å². The number of hydrogen-bond acceptors (Lipinski definition) is 4. The fourth-order valence-electron chi connectivity index (χ4n) is 3.39. The van der Waals surface area contributed by atoms with Crippen LogP contribution in [0.1, 0.15) is 35.2 Å². The van der Waals surface area contributed by atoms with E-state index >= 15 is 0 Å². The van der Waals surface area contributed by atoms with Crippen LogP contribution in [0.3, 0.4) is 0 Å². The maximum atomic E-state index is 12.3. The van der Waals surface area contributed by atoms with Gasteiger partial charge < -0.3 is 15.0 Å². The van der Waals surface area contributed by atoms with Crippen molar-refractivity contribution in [2.45, 2.75) is 39.7 Å². The molecule has 0 atom stereocenters. The highest BCUT2D eigenvalue weighted by Gasteiger charge is 2.14. The van der Waals surface area contributed by atoms with Crippen molar-refractivity contribution in [2.75, 3.05) is 7.11 Å². The molecule has 4 N–H and O–H groups in total. The number of aryl methyl sites for hydroxylation is 2. The van der Waals surface area contributed by atoms with Gasteiger partial charge in [-0.2, -0.15) is 0 Å². The highest BCUT2D eigenvalue weighted by atomic mass is 16.5. The molecular weight excluding hydrogens is 408 g/mol. The van der Waals surface area contributed by atoms with Gasteiger partial charge in [-0.3, -0.25) is 25.2 Å². The topological polar surface area (TPSA) is 112 Å². The number of carbonyl (C=O) groups excluding carboxylic acids is 3. The molecule has 0 radical (unpaired) electrons. The highest BCUT2D eigenvalue weighted by Crippen LogP contribution is 2.23. The lowest BCUT2D eigenvalue weighted by molar-refractivity contribution is -0.130. The summed E-state index contributed by atoms with van der Waals surface area (Å²) >= 11 is 0. The van der Waals surface area contributed by atoms with Gasteiger partial charge in [0.05, 0.1) is 13.5 Å². The van der Waals surface area contributed by atoms with Crippen LogP contribution in [0.4, 0.5) is 0 Å². The van der Waals surface area contributed by atoms with Crippen LogP contribution >= 0.6 is 0 Å². The first-order valence-corrected chi connectivity index (χ1v) is 10.4. The minimum Gasteiger partial charge on any atom is -0.497 e. The molecule has 2 aromatic carbocycles. The van der Waals surface area contributed by atoms with Crippen molar-refractivity contribution in [1.82, 2.24) is 21.2 Å². The molecule has 0 fully saturated rings. The summed E-state index contributed by atoms with van der Waals surface area (Å²) in [6.07, 6.45) is 0.136. The number of nitrogens with one attached hydrogen (secondary N) is 4. The van der Waals surface area contributed by atoms with Gasteiger partial charge >= 0.3 is 0 Å². The van der Waals surface area contributed by atoms with Gasteiger partial charge in [-0.25, -0.2) is 0 Å². The number of aromatic amines is 1. The zero-order chi connectivity index (χ0) is 23.1. The SMILES string of the molecule is COc1ccc(CNC(=O)CCC(=O)NNC(=O)Cc2c(C)[nH]c3ccc(C)cc23)cc1. The van der Waals surface area contributed by atoms with Crippen molar-refractivity contribution in [3.63, 3.8) is 0 Å². The van der Waals surface area contributed by atoms with Crippen LogP contribution in [0.15, 0.2) is 42.5 Å². The van der Waals surface area contributed by atoms with Crippen LogP contribution in [0.25, 0.3) is 10.9 Å². The van der Waals surface area contributed by atoms with E-state index in [4.69, 9.17) is 4.74 Å². The second kappa shape index (κ2) is 10.5. The molecule has 0 unspecified atom stereocenters. The summed E-state index contributed by atoms with van der Waals surface area (Å²) in [6.45, 7) is 4.28. The molecule has 8 heteroatoms. The van der Waals surface area contributed by atoms with Crippen molar-refractivity contribution in [3.8, 4) is 5.75 Å². The van der Waals surface area contributed by atoms with Crippen molar-refractivity contribution < 1.29 is 19.1 Å². The summed E-state index contributed by atoms with van der Waals surface area (Å²) in [5, 5.41) is 3.76. The van der Waals surface area contributed by atoms with Crippen molar-refractivity contribution in [3.05, 3.63) is 64.8 Å². The summed E-state index contributed by atoms with van der Waals surface area (Å²) < 4.78 is 5.09. The summed E-state index contributed by atoms with van der Waals surface area (Å²) in [5.74, 6) is -0.252. The molecule has 8 nitrogen and oxygen atoms in total. The zero-order valence-corrected chi connectivity index (χ0v) is 18.5. The maximum Gasteiger partial charge on any atom is 0.242 e. The summed E-state index contributed by atoms with van der Waals surface area (Å²) in [4.78, 5) is 39.6. The van der Waals surface area contributed by atoms with Crippen molar-refractivity contribution in [2.24, 2.45) is 0 Å². The van der Waals surface area contributed by atoms with E-state index in [-0.39, 0.29) is 31.1 Å². The second-order valence-corrected chi connectivity index (χ2v) is 7.68. The van der Waals surface area contributed by atoms with E-state index in [9.17, 15) is 14.4 Å². The number of amides is 3. The Hall–Kier alpha value is -3.81. The quantitative estimate of drug-likeness (QED) is 0.407. The number of fused-ring (bicyclic) bond motifs is 1. The molecule has 168 valence electrons. The largest absolute Gasteiger partial charge is 0.497 e. The Balaban J connectivity index is 1.40. The fourth-order valence-corrected chi connectivity index (χ4v) is 3.39. The first-order valence-electron chi connectivity index (χ1n) is 10.4. The fraction of sp³-hybridized carbons (Fsp3) is 0.292. The number of methoxy groups -OCH3 is 1. The van der Waals surface area contributed by atoms with Crippen LogP contribution in [0.5, 0.6) is 5.75 Å². The maximum absolute atomic E-state index is 12.3. The van der Waals surface area contributed by atoms with Gasteiger partial charge in [0.25, 0.3) is 0 Å². The number of hydrogen-bond donors (Lipinski definition) is 4. The first kappa shape index (κ1) is 22.9. The number of H-pyrrole nitrogens is 1. The van der Waals surface area contributed by atoms with E-state index in [1.54, 1.807) is 7.11 Å². The molecule has 3 rings (SSSR count). The molecule has 0 aliphatic carbocycles. The number of rotatable bonds is 8. The van der Waals surface area contributed by atoms with Crippen LogP contribution in [-0.2, 0) is 27.3 Å². The number of carbonyl (C=O) groups is 3. The van der Waals surface area contributed by atoms with Gasteiger partial charge in [0, 0.05) is 36.0 Å².